The number of carbonyl (C=O) groups excluding carboxylic acids is 1. The molecule has 3 nitrogen and oxygen atoms in total. The first-order valence-electron chi connectivity index (χ1n) is 11.3. The van der Waals surface area contributed by atoms with E-state index in [0.717, 1.165) is 34.2 Å². The van der Waals surface area contributed by atoms with Crippen LogP contribution in [0.3, 0.4) is 0 Å². The Morgan fingerprint density at radius 3 is 2.18 bits per heavy atom. The average Bonchev–Trinajstić information content (AvgIpc) is 2.84. The summed E-state index contributed by atoms with van der Waals surface area (Å²) in [5, 5.41) is 5.25. The van der Waals surface area contributed by atoms with Gasteiger partial charge in [-0.2, -0.15) is 0 Å². The Kier molecular flexibility index (Phi) is 7.21. The van der Waals surface area contributed by atoms with Crippen molar-refractivity contribution in [3.8, 4) is 5.75 Å². The van der Waals surface area contributed by atoms with Gasteiger partial charge in [0.2, 0.25) is 5.91 Å². The van der Waals surface area contributed by atoms with Crippen molar-refractivity contribution in [3.05, 3.63) is 126 Å². The molecule has 1 amide bonds. The highest BCUT2D eigenvalue weighted by atomic mass is 16.5. The molecule has 0 saturated heterocycles. The van der Waals surface area contributed by atoms with E-state index in [-0.39, 0.29) is 12.0 Å². The normalized spacial score (nSPS) is 10.8. The number of rotatable bonds is 9. The van der Waals surface area contributed by atoms with Crippen molar-refractivity contribution in [2.45, 2.75) is 25.9 Å². The molecule has 1 N–H and O–H groups in total. The van der Waals surface area contributed by atoms with E-state index in [1.54, 1.807) is 6.92 Å². The monoisotopic (exact) mass is 435 g/mol. The fourth-order valence-electron chi connectivity index (χ4n) is 4.27. The minimum atomic E-state index is -0.222. The molecule has 33 heavy (non-hydrogen) atoms. The van der Waals surface area contributed by atoms with Gasteiger partial charge in [-0.1, -0.05) is 91.0 Å². The van der Waals surface area contributed by atoms with Gasteiger partial charge in [0.05, 0.1) is 0 Å². The lowest BCUT2D eigenvalue weighted by molar-refractivity contribution is -0.118. The van der Waals surface area contributed by atoms with E-state index in [4.69, 9.17) is 4.74 Å². The molecule has 0 bridgehead atoms. The molecule has 0 fully saturated rings. The van der Waals surface area contributed by atoms with Crippen molar-refractivity contribution in [2.24, 2.45) is 0 Å². The molecule has 0 unspecified atom stereocenters. The van der Waals surface area contributed by atoms with Crippen LogP contribution in [-0.4, -0.2) is 12.5 Å². The molecule has 0 heterocycles. The van der Waals surface area contributed by atoms with E-state index in [2.05, 4.69) is 66.5 Å². The summed E-state index contributed by atoms with van der Waals surface area (Å²) in [6.07, 6.45) is 3.15. The summed E-state index contributed by atoms with van der Waals surface area (Å²) in [5.74, 6) is 0.839. The van der Waals surface area contributed by atoms with E-state index in [0.29, 0.717) is 13.0 Å². The van der Waals surface area contributed by atoms with Crippen molar-refractivity contribution in [2.75, 3.05) is 6.54 Å². The third-order valence-corrected chi connectivity index (χ3v) is 5.76. The molecule has 0 atom stereocenters. The highest BCUT2D eigenvalue weighted by Crippen LogP contribution is 2.36. The summed E-state index contributed by atoms with van der Waals surface area (Å²) in [7, 11) is 0. The third kappa shape index (κ3) is 5.32. The van der Waals surface area contributed by atoms with Crippen LogP contribution in [0.15, 0.2) is 104 Å². The number of amides is 1. The lowest BCUT2D eigenvalue weighted by Gasteiger charge is -2.23. The molecule has 0 saturated carbocycles. The molecule has 0 aliphatic heterocycles. The van der Waals surface area contributed by atoms with Gasteiger partial charge in [0.25, 0.3) is 0 Å². The molecule has 0 spiro atoms. The molecular weight excluding hydrogens is 406 g/mol. The van der Waals surface area contributed by atoms with Gasteiger partial charge >= 0.3 is 0 Å². The van der Waals surface area contributed by atoms with Crippen molar-refractivity contribution >= 4 is 16.7 Å². The number of hydrogen-bond acceptors (Lipinski definition) is 2. The van der Waals surface area contributed by atoms with E-state index < -0.39 is 0 Å². The van der Waals surface area contributed by atoms with E-state index in [9.17, 15) is 4.79 Å². The van der Waals surface area contributed by atoms with E-state index >= 15 is 0 Å². The zero-order valence-corrected chi connectivity index (χ0v) is 19.0. The Morgan fingerprint density at radius 1 is 0.909 bits per heavy atom. The highest BCUT2D eigenvalue weighted by Gasteiger charge is 2.19. The summed E-state index contributed by atoms with van der Waals surface area (Å²) in [5.41, 5.74) is 4.52. The Morgan fingerprint density at radius 2 is 1.58 bits per heavy atom. The number of carbonyl (C=O) groups is 1. The molecule has 0 aliphatic carbocycles. The number of nitrogens with one attached hydrogen (secondary N) is 1. The predicted octanol–water partition coefficient (Wildman–Crippen LogP) is 6.42. The second-order valence-electron chi connectivity index (χ2n) is 8.10. The maximum absolute atomic E-state index is 11.4. The molecule has 3 heteroatoms. The Labute approximate surface area is 195 Å². The first kappa shape index (κ1) is 22.3. The molecule has 4 rings (SSSR count). The summed E-state index contributed by atoms with van der Waals surface area (Å²) in [4.78, 5) is 11.4. The SMILES string of the molecule is C=CCc1c(OC(c2ccccc2)c2ccccc2)ccc2cccc(CCNC(C)=O)c12. The maximum Gasteiger partial charge on any atom is 0.216 e. The van der Waals surface area contributed by atoms with Crippen LogP contribution in [0.5, 0.6) is 5.75 Å². The largest absolute Gasteiger partial charge is 0.481 e. The zero-order chi connectivity index (χ0) is 23.0. The van der Waals surface area contributed by atoms with Crippen molar-refractivity contribution in [3.63, 3.8) is 0 Å². The van der Waals surface area contributed by atoms with Gasteiger partial charge in [-0.25, -0.2) is 0 Å². The van der Waals surface area contributed by atoms with Crippen LogP contribution >= 0.6 is 0 Å². The number of fused-ring (bicyclic) bond motifs is 1. The van der Waals surface area contributed by atoms with Crippen molar-refractivity contribution in [1.82, 2.24) is 5.32 Å². The fraction of sp³-hybridized carbons (Fsp3) is 0.167. The standard InChI is InChI=1S/C30H29NO2/c1-3-11-27-28(19-18-23-16-10-17-24(29(23)27)20-21-31-22(2)32)33-30(25-12-6-4-7-13-25)26-14-8-5-9-15-26/h3-10,12-19,30H,1,11,20-21H2,2H3,(H,31,32). The van der Waals surface area contributed by atoms with Crippen LogP contribution in [0.4, 0.5) is 0 Å². The van der Waals surface area contributed by atoms with Gasteiger partial charge in [0.1, 0.15) is 11.9 Å². The molecular formula is C30H29NO2. The smallest absolute Gasteiger partial charge is 0.216 e. The van der Waals surface area contributed by atoms with Gasteiger partial charge in [0, 0.05) is 19.0 Å². The van der Waals surface area contributed by atoms with Crippen LogP contribution < -0.4 is 10.1 Å². The summed E-state index contributed by atoms with van der Waals surface area (Å²) in [6, 6.07) is 31.1. The molecule has 4 aromatic carbocycles. The Bertz CT molecular complexity index is 1190. The lowest BCUT2D eigenvalue weighted by atomic mass is 9.94. The van der Waals surface area contributed by atoms with Crippen LogP contribution in [0.25, 0.3) is 10.8 Å². The van der Waals surface area contributed by atoms with Crippen LogP contribution in [0, 0.1) is 0 Å². The van der Waals surface area contributed by atoms with Crippen LogP contribution in [0.1, 0.15) is 35.3 Å². The van der Waals surface area contributed by atoms with E-state index in [1.807, 2.05) is 42.5 Å². The summed E-state index contributed by atoms with van der Waals surface area (Å²) >= 11 is 0. The van der Waals surface area contributed by atoms with Gasteiger partial charge < -0.3 is 10.1 Å². The quantitative estimate of drug-likeness (QED) is 0.308. The van der Waals surface area contributed by atoms with Gasteiger partial charge in [-0.3, -0.25) is 4.79 Å². The predicted molar refractivity (Wildman–Crippen MR) is 136 cm³/mol. The minimum Gasteiger partial charge on any atom is -0.481 e. The Hall–Kier alpha value is -3.85. The van der Waals surface area contributed by atoms with Gasteiger partial charge in [-0.15, -0.1) is 6.58 Å². The second kappa shape index (κ2) is 10.6. The first-order chi connectivity index (χ1) is 16.2. The van der Waals surface area contributed by atoms with E-state index in [1.165, 1.54) is 10.9 Å². The molecule has 0 aliphatic rings. The number of ether oxygens (including phenoxy) is 1. The third-order valence-electron chi connectivity index (χ3n) is 5.76. The van der Waals surface area contributed by atoms with Crippen LogP contribution in [0.2, 0.25) is 0 Å². The number of benzene rings is 4. The van der Waals surface area contributed by atoms with Gasteiger partial charge in [0.15, 0.2) is 0 Å². The number of allylic oxidation sites excluding steroid dienone is 1. The topological polar surface area (TPSA) is 38.3 Å². The van der Waals surface area contributed by atoms with Crippen molar-refractivity contribution in [1.29, 1.82) is 0 Å². The highest BCUT2D eigenvalue weighted by molar-refractivity contribution is 5.91. The lowest BCUT2D eigenvalue weighted by Crippen LogP contribution is -2.22. The molecule has 166 valence electrons. The number of hydrogen-bond donors (Lipinski definition) is 1. The van der Waals surface area contributed by atoms with Crippen LogP contribution in [-0.2, 0) is 17.6 Å². The molecule has 4 aromatic rings. The van der Waals surface area contributed by atoms with Crippen molar-refractivity contribution < 1.29 is 9.53 Å². The second-order valence-corrected chi connectivity index (χ2v) is 8.10. The minimum absolute atomic E-state index is 0.0147. The molecule has 0 radical (unpaired) electrons. The summed E-state index contributed by atoms with van der Waals surface area (Å²) in [6.45, 7) is 6.15. The Balaban J connectivity index is 1.79. The fourth-order valence-corrected chi connectivity index (χ4v) is 4.27. The van der Waals surface area contributed by atoms with Gasteiger partial charge in [-0.05, 0) is 46.4 Å². The zero-order valence-electron chi connectivity index (χ0n) is 19.0. The molecule has 0 aromatic heterocycles. The maximum atomic E-state index is 11.4. The average molecular weight is 436 g/mol. The first-order valence-corrected chi connectivity index (χ1v) is 11.3. The summed E-state index contributed by atoms with van der Waals surface area (Å²) < 4.78 is 6.76.